The van der Waals surface area contributed by atoms with E-state index in [0.29, 0.717) is 11.3 Å². The van der Waals surface area contributed by atoms with Crippen molar-refractivity contribution in [1.29, 1.82) is 0 Å². The normalized spacial score (nSPS) is 13.5. The van der Waals surface area contributed by atoms with Crippen molar-refractivity contribution in [2.24, 2.45) is 5.73 Å². The van der Waals surface area contributed by atoms with E-state index in [1.54, 1.807) is 0 Å². The molecule has 0 fully saturated rings. The fourth-order valence-electron chi connectivity index (χ4n) is 1.13. The molecule has 0 aromatic heterocycles. The zero-order valence-corrected chi connectivity index (χ0v) is 9.56. The Bertz CT molecular complexity index is 383. The van der Waals surface area contributed by atoms with Crippen LogP contribution in [-0.4, -0.2) is 18.5 Å². The number of hydrogen-bond acceptors (Lipinski definition) is 3. The van der Waals surface area contributed by atoms with Crippen LogP contribution in [0.2, 0.25) is 0 Å². The van der Waals surface area contributed by atoms with Crippen molar-refractivity contribution in [2.45, 2.75) is 12.2 Å². The molecular formula is C10H11F4NOS. The molecule has 0 spiro atoms. The van der Waals surface area contributed by atoms with E-state index in [9.17, 15) is 17.6 Å². The predicted octanol–water partition coefficient (Wildman–Crippen LogP) is 2.70. The summed E-state index contributed by atoms with van der Waals surface area (Å²) in [6.45, 7) is -1.53. The van der Waals surface area contributed by atoms with Crippen LogP contribution in [0.25, 0.3) is 0 Å². The molecule has 0 heterocycles. The van der Waals surface area contributed by atoms with E-state index in [1.165, 1.54) is 6.07 Å². The lowest BCUT2D eigenvalue weighted by molar-refractivity contribution is -0.153. The standard InChI is InChI=1S/C10H11F4NOS/c11-7-3-6(8(15)4-17)1-2-9(7)16-5-10(12,13)14/h1-3,8,17H,4-5,15H2. The number of alkyl halides is 3. The average Bonchev–Trinajstić information content (AvgIpc) is 2.25. The highest BCUT2D eigenvalue weighted by molar-refractivity contribution is 7.80. The molecule has 0 saturated heterocycles. The van der Waals surface area contributed by atoms with Gasteiger partial charge in [-0.2, -0.15) is 25.8 Å². The van der Waals surface area contributed by atoms with Gasteiger partial charge in [-0.3, -0.25) is 0 Å². The predicted molar refractivity (Wildman–Crippen MR) is 58.7 cm³/mol. The molecule has 0 aliphatic heterocycles. The number of nitrogens with two attached hydrogens (primary N) is 1. The first-order valence-corrected chi connectivity index (χ1v) is 5.32. The number of thiol groups is 1. The SMILES string of the molecule is NC(CS)c1ccc(OCC(F)(F)F)c(F)c1. The first kappa shape index (κ1) is 14.1. The van der Waals surface area contributed by atoms with Crippen LogP contribution >= 0.6 is 12.6 Å². The molecule has 0 radical (unpaired) electrons. The maximum Gasteiger partial charge on any atom is 0.422 e. The average molecular weight is 269 g/mol. The zero-order valence-electron chi connectivity index (χ0n) is 8.67. The van der Waals surface area contributed by atoms with Crippen molar-refractivity contribution in [1.82, 2.24) is 0 Å². The number of benzene rings is 1. The minimum Gasteiger partial charge on any atom is -0.481 e. The second kappa shape index (κ2) is 5.59. The largest absolute Gasteiger partial charge is 0.481 e. The van der Waals surface area contributed by atoms with Crippen molar-refractivity contribution in [2.75, 3.05) is 12.4 Å². The van der Waals surface area contributed by atoms with Gasteiger partial charge in [0.05, 0.1) is 0 Å². The molecule has 17 heavy (non-hydrogen) atoms. The summed E-state index contributed by atoms with van der Waals surface area (Å²) in [6.07, 6.45) is -4.49. The Morgan fingerprint density at radius 1 is 1.35 bits per heavy atom. The Balaban J connectivity index is 2.76. The quantitative estimate of drug-likeness (QED) is 0.651. The second-order valence-corrected chi connectivity index (χ2v) is 3.75. The van der Waals surface area contributed by atoms with Crippen LogP contribution in [-0.2, 0) is 0 Å². The van der Waals surface area contributed by atoms with Crippen LogP contribution in [0.3, 0.4) is 0 Å². The van der Waals surface area contributed by atoms with E-state index in [4.69, 9.17) is 5.73 Å². The molecule has 1 atom stereocenters. The summed E-state index contributed by atoms with van der Waals surface area (Å²) in [5.74, 6) is -1.01. The van der Waals surface area contributed by atoms with Gasteiger partial charge in [0.25, 0.3) is 0 Å². The fraction of sp³-hybridized carbons (Fsp3) is 0.400. The summed E-state index contributed by atoms with van der Waals surface area (Å²) < 4.78 is 53.2. The van der Waals surface area contributed by atoms with Crippen LogP contribution < -0.4 is 10.5 Å². The van der Waals surface area contributed by atoms with Gasteiger partial charge >= 0.3 is 6.18 Å². The molecule has 7 heteroatoms. The molecule has 1 rings (SSSR count). The van der Waals surface area contributed by atoms with E-state index in [0.717, 1.165) is 12.1 Å². The van der Waals surface area contributed by atoms with E-state index in [2.05, 4.69) is 17.4 Å². The summed E-state index contributed by atoms with van der Waals surface area (Å²) in [4.78, 5) is 0. The third kappa shape index (κ3) is 4.43. The van der Waals surface area contributed by atoms with Gasteiger partial charge in [-0.05, 0) is 17.7 Å². The molecule has 1 aromatic rings. The second-order valence-electron chi connectivity index (χ2n) is 3.38. The van der Waals surface area contributed by atoms with E-state index >= 15 is 0 Å². The highest BCUT2D eigenvalue weighted by Crippen LogP contribution is 2.24. The van der Waals surface area contributed by atoms with Gasteiger partial charge in [-0.1, -0.05) is 6.07 Å². The van der Waals surface area contributed by atoms with Crippen molar-refractivity contribution >= 4 is 12.6 Å². The molecule has 2 N–H and O–H groups in total. The van der Waals surface area contributed by atoms with Crippen molar-refractivity contribution in [3.05, 3.63) is 29.6 Å². The molecule has 1 unspecified atom stereocenters. The lowest BCUT2D eigenvalue weighted by Crippen LogP contribution is -2.20. The smallest absolute Gasteiger partial charge is 0.422 e. The number of rotatable bonds is 4. The van der Waals surface area contributed by atoms with Gasteiger partial charge in [-0.25, -0.2) is 4.39 Å². The van der Waals surface area contributed by atoms with Gasteiger partial charge in [-0.15, -0.1) is 0 Å². The summed E-state index contributed by atoms with van der Waals surface area (Å²) in [7, 11) is 0. The van der Waals surface area contributed by atoms with Gasteiger partial charge < -0.3 is 10.5 Å². The first-order valence-electron chi connectivity index (χ1n) is 4.69. The summed E-state index contributed by atoms with van der Waals surface area (Å²) in [6, 6.07) is 3.12. The van der Waals surface area contributed by atoms with Crippen LogP contribution in [0, 0.1) is 5.82 Å². The summed E-state index contributed by atoms with van der Waals surface area (Å²) >= 11 is 3.94. The van der Waals surface area contributed by atoms with Crippen molar-refractivity contribution in [3.63, 3.8) is 0 Å². The van der Waals surface area contributed by atoms with Crippen LogP contribution in [0.1, 0.15) is 11.6 Å². The van der Waals surface area contributed by atoms with E-state index in [1.807, 2.05) is 0 Å². The van der Waals surface area contributed by atoms with Gasteiger partial charge in [0.2, 0.25) is 0 Å². The van der Waals surface area contributed by atoms with E-state index in [-0.39, 0.29) is 0 Å². The highest BCUT2D eigenvalue weighted by Gasteiger charge is 2.28. The lowest BCUT2D eigenvalue weighted by atomic mass is 10.1. The number of hydrogen-bond donors (Lipinski definition) is 2. The molecule has 0 aliphatic carbocycles. The Labute approximate surface area is 101 Å². The Hall–Kier alpha value is -0.950. The molecule has 0 aliphatic rings. The molecule has 96 valence electrons. The fourth-order valence-corrected chi connectivity index (χ4v) is 1.34. The minimum atomic E-state index is -4.49. The van der Waals surface area contributed by atoms with Gasteiger partial charge in [0, 0.05) is 11.8 Å². The summed E-state index contributed by atoms with van der Waals surface area (Å²) in [5, 5.41) is 0. The maximum absolute atomic E-state index is 13.3. The van der Waals surface area contributed by atoms with Gasteiger partial charge in [0.1, 0.15) is 0 Å². The lowest BCUT2D eigenvalue weighted by Gasteiger charge is -2.12. The van der Waals surface area contributed by atoms with Crippen molar-refractivity contribution < 1.29 is 22.3 Å². The Morgan fingerprint density at radius 3 is 2.47 bits per heavy atom. The van der Waals surface area contributed by atoms with Crippen LogP contribution in [0.15, 0.2) is 18.2 Å². The molecule has 2 nitrogen and oxygen atoms in total. The molecule has 0 bridgehead atoms. The Morgan fingerprint density at radius 2 is 2.00 bits per heavy atom. The first-order chi connectivity index (χ1) is 7.83. The zero-order chi connectivity index (χ0) is 13.1. The monoisotopic (exact) mass is 269 g/mol. The topological polar surface area (TPSA) is 35.2 Å². The molecule has 1 aromatic carbocycles. The summed E-state index contributed by atoms with van der Waals surface area (Å²) in [5.41, 5.74) is 6.05. The molecule has 0 saturated carbocycles. The van der Waals surface area contributed by atoms with Gasteiger partial charge in [0.15, 0.2) is 18.2 Å². The highest BCUT2D eigenvalue weighted by atomic mass is 32.1. The molecular weight excluding hydrogens is 258 g/mol. The number of ether oxygens (including phenoxy) is 1. The third-order valence-corrected chi connectivity index (χ3v) is 2.37. The number of halogens is 4. The van der Waals surface area contributed by atoms with Crippen molar-refractivity contribution in [3.8, 4) is 5.75 Å². The van der Waals surface area contributed by atoms with Crippen LogP contribution in [0.4, 0.5) is 17.6 Å². The molecule has 0 amide bonds. The van der Waals surface area contributed by atoms with E-state index < -0.39 is 30.4 Å². The Kier molecular flexibility index (Phi) is 4.64. The third-order valence-electron chi connectivity index (χ3n) is 1.97. The maximum atomic E-state index is 13.3. The minimum absolute atomic E-state index is 0.308. The van der Waals surface area contributed by atoms with Crippen LogP contribution in [0.5, 0.6) is 5.75 Å².